The summed E-state index contributed by atoms with van der Waals surface area (Å²) < 4.78 is 56.9. The Balaban J connectivity index is 1.26. The fraction of sp³-hybridized carbons (Fsp3) is 0.417. The molecule has 0 radical (unpaired) electrons. The summed E-state index contributed by atoms with van der Waals surface area (Å²) in [6.07, 6.45) is 5.22. The number of hydrogen-bond acceptors (Lipinski definition) is 9. The molecule has 0 spiro atoms. The van der Waals surface area contributed by atoms with Gasteiger partial charge in [0.25, 0.3) is 0 Å². The molecule has 6 rings (SSSR count). The molecule has 0 bridgehead atoms. The van der Waals surface area contributed by atoms with E-state index in [2.05, 4.69) is 4.90 Å². The van der Waals surface area contributed by atoms with Crippen LogP contribution in [0.25, 0.3) is 10.1 Å². The van der Waals surface area contributed by atoms with Crippen LogP contribution in [0.1, 0.15) is 65.9 Å². The fourth-order valence-corrected chi connectivity index (χ4v) is 8.33. The summed E-state index contributed by atoms with van der Waals surface area (Å²) in [4.78, 5) is 16.9. The molecule has 0 N–H and O–H groups in total. The number of carbonyl (C=O) groups excluding carboxylic acids is 1. The van der Waals surface area contributed by atoms with Gasteiger partial charge < -0.3 is 14.0 Å². The number of ketones is 1. The Labute approximate surface area is 279 Å². The SMILES string of the molecule is CCOP(=O)(OCC)Oc1ccc2c(Oc3ccc(O[C@H]4CCN(CCC5CC5)C4)cc3)c(C(=O)c3c(C)cc(F)cc3C)sc2c1. The second-order valence-electron chi connectivity index (χ2n) is 12.2. The van der Waals surface area contributed by atoms with Crippen LogP contribution < -0.4 is 14.0 Å². The number of hydrogen-bond donors (Lipinski definition) is 0. The second-order valence-corrected chi connectivity index (χ2v) is 14.8. The van der Waals surface area contributed by atoms with Crippen molar-refractivity contribution in [2.45, 2.75) is 59.5 Å². The average molecular weight is 682 g/mol. The molecular formula is C36H41FNO7PS. The number of nitrogens with zero attached hydrogens (tertiary/aromatic N) is 1. The third-order valence-corrected chi connectivity index (χ3v) is 11.2. The number of ether oxygens (including phenoxy) is 2. The Hall–Kier alpha value is -3.27. The van der Waals surface area contributed by atoms with E-state index in [0.717, 1.165) is 37.7 Å². The van der Waals surface area contributed by atoms with Gasteiger partial charge in [0.15, 0.2) is 5.75 Å². The van der Waals surface area contributed by atoms with Gasteiger partial charge in [0.2, 0.25) is 5.78 Å². The molecular weight excluding hydrogens is 640 g/mol. The van der Waals surface area contributed by atoms with Crippen molar-refractivity contribution >= 4 is 35.0 Å². The molecule has 1 aromatic heterocycles. The predicted molar refractivity (Wildman–Crippen MR) is 182 cm³/mol. The van der Waals surface area contributed by atoms with Gasteiger partial charge in [-0.3, -0.25) is 18.7 Å². The quantitative estimate of drug-likeness (QED) is 0.0907. The Kier molecular flexibility index (Phi) is 10.3. The lowest BCUT2D eigenvalue weighted by Crippen LogP contribution is -2.26. The van der Waals surface area contributed by atoms with Crippen LogP contribution in [0.4, 0.5) is 4.39 Å². The molecule has 1 atom stereocenters. The third kappa shape index (κ3) is 8.07. The maximum absolute atomic E-state index is 14.1. The number of fused-ring (bicyclic) bond motifs is 1. The number of benzene rings is 3. The first-order valence-electron chi connectivity index (χ1n) is 16.3. The number of halogens is 1. The number of likely N-dealkylation sites (tertiary alicyclic amines) is 1. The number of aryl methyl sites for hydroxylation is 2. The molecule has 2 heterocycles. The molecule has 2 fully saturated rings. The van der Waals surface area contributed by atoms with Gasteiger partial charge in [0, 0.05) is 28.7 Å². The van der Waals surface area contributed by atoms with Crippen LogP contribution in [0.3, 0.4) is 0 Å². The molecule has 2 aliphatic rings. The third-order valence-electron chi connectivity index (χ3n) is 8.46. The molecule has 11 heteroatoms. The lowest BCUT2D eigenvalue weighted by atomic mass is 9.97. The summed E-state index contributed by atoms with van der Waals surface area (Å²) in [7, 11) is -3.83. The first kappa shape index (κ1) is 33.6. The molecule has 8 nitrogen and oxygen atoms in total. The van der Waals surface area contributed by atoms with Crippen molar-refractivity contribution in [3.05, 3.63) is 82.0 Å². The highest BCUT2D eigenvalue weighted by molar-refractivity contribution is 7.48. The Bertz CT molecular complexity index is 1760. The number of thiophene rings is 1. The summed E-state index contributed by atoms with van der Waals surface area (Å²) in [5.74, 6) is 2.20. The van der Waals surface area contributed by atoms with Crippen LogP contribution in [0, 0.1) is 25.6 Å². The Morgan fingerprint density at radius 3 is 2.26 bits per heavy atom. The highest BCUT2D eigenvalue weighted by Crippen LogP contribution is 2.51. The fourth-order valence-electron chi connectivity index (χ4n) is 6.04. The van der Waals surface area contributed by atoms with Crippen molar-refractivity contribution in [1.82, 2.24) is 4.90 Å². The molecule has 0 amide bonds. The second kappa shape index (κ2) is 14.5. The minimum absolute atomic E-state index is 0.148. The molecule has 1 saturated heterocycles. The Morgan fingerprint density at radius 2 is 1.60 bits per heavy atom. The van der Waals surface area contributed by atoms with Crippen LogP contribution in [-0.2, 0) is 13.6 Å². The molecule has 0 unspecified atom stereocenters. The van der Waals surface area contributed by atoms with E-state index < -0.39 is 13.6 Å². The first-order chi connectivity index (χ1) is 22.6. The van der Waals surface area contributed by atoms with Crippen LogP contribution in [0.2, 0.25) is 0 Å². The smallest absolute Gasteiger partial charge is 0.489 e. The van der Waals surface area contributed by atoms with Gasteiger partial charge in [-0.1, -0.05) is 12.8 Å². The zero-order valence-corrected chi connectivity index (χ0v) is 29.0. The molecule has 1 aliphatic heterocycles. The minimum atomic E-state index is -3.83. The van der Waals surface area contributed by atoms with Crippen LogP contribution in [-0.4, -0.2) is 49.6 Å². The maximum atomic E-state index is 14.1. The van der Waals surface area contributed by atoms with Gasteiger partial charge in [0.05, 0.1) is 13.2 Å². The number of rotatable bonds is 15. The molecule has 1 aliphatic carbocycles. The minimum Gasteiger partial charge on any atom is -0.489 e. The topological polar surface area (TPSA) is 83.5 Å². The average Bonchev–Trinajstić information content (AvgIpc) is 3.64. The van der Waals surface area contributed by atoms with E-state index in [1.54, 1.807) is 45.9 Å². The Morgan fingerprint density at radius 1 is 0.936 bits per heavy atom. The van der Waals surface area contributed by atoms with Gasteiger partial charge in [-0.2, -0.15) is 0 Å². The van der Waals surface area contributed by atoms with Gasteiger partial charge in [-0.15, -0.1) is 11.3 Å². The standard InChI is InChI=1S/C36H41FNO7PS/c1-5-41-46(40,42-6-2)45-29-13-14-31-32(21-29)47-36(34(39)33-23(3)19-26(37)20-24(33)4)35(31)44-28-11-9-27(10-12-28)43-30-16-18-38(22-30)17-15-25-7-8-25/h9-14,19-21,25,30H,5-8,15-18,22H2,1-4H3/t30-/m0/s1. The number of carbonyl (C=O) groups is 1. The van der Waals surface area contributed by atoms with E-state index in [1.807, 2.05) is 24.3 Å². The summed E-state index contributed by atoms with van der Waals surface area (Å²) in [5.41, 5.74) is 1.49. The summed E-state index contributed by atoms with van der Waals surface area (Å²) in [5, 5.41) is 0.670. The largest absolute Gasteiger partial charge is 0.530 e. The van der Waals surface area contributed by atoms with E-state index in [4.69, 9.17) is 23.0 Å². The number of phosphoric acid groups is 1. The molecule has 3 aromatic carbocycles. The first-order valence-corrected chi connectivity index (χ1v) is 18.6. The molecule has 250 valence electrons. The van der Waals surface area contributed by atoms with Crippen LogP contribution >= 0.6 is 19.2 Å². The van der Waals surface area contributed by atoms with Crippen LogP contribution in [0.15, 0.2) is 54.6 Å². The van der Waals surface area contributed by atoms with E-state index in [0.29, 0.717) is 43.2 Å². The zero-order valence-electron chi connectivity index (χ0n) is 27.3. The van der Waals surface area contributed by atoms with Crippen molar-refractivity contribution in [3.63, 3.8) is 0 Å². The molecule has 47 heavy (non-hydrogen) atoms. The van der Waals surface area contributed by atoms with Crippen molar-refractivity contribution in [2.75, 3.05) is 32.8 Å². The highest BCUT2D eigenvalue weighted by atomic mass is 32.1. The predicted octanol–water partition coefficient (Wildman–Crippen LogP) is 9.49. The maximum Gasteiger partial charge on any atom is 0.530 e. The zero-order chi connectivity index (χ0) is 33.1. The molecule has 4 aromatic rings. The number of phosphoric ester groups is 1. The van der Waals surface area contributed by atoms with Crippen molar-refractivity contribution in [2.24, 2.45) is 5.92 Å². The van der Waals surface area contributed by atoms with Crippen molar-refractivity contribution in [1.29, 1.82) is 0 Å². The lowest BCUT2D eigenvalue weighted by molar-refractivity contribution is 0.103. The van der Waals surface area contributed by atoms with E-state index in [1.165, 1.54) is 42.7 Å². The summed E-state index contributed by atoms with van der Waals surface area (Å²) in [6, 6.07) is 15.2. The summed E-state index contributed by atoms with van der Waals surface area (Å²) in [6.45, 7) is 10.3. The van der Waals surface area contributed by atoms with Gasteiger partial charge in [0.1, 0.15) is 34.0 Å². The van der Waals surface area contributed by atoms with Crippen molar-refractivity contribution in [3.8, 4) is 23.0 Å². The van der Waals surface area contributed by atoms with E-state index >= 15 is 0 Å². The highest BCUT2D eigenvalue weighted by Gasteiger charge is 2.30. The van der Waals surface area contributed by atoms with Gasteiger partial charge in [-0.05, 0) is 119 Å². The van der Waals surface area contributed by atoms with Crippen molar-refractivity contribution < 1.29 is 36.8 Å². The summed E-state index contributed by atoms with van der Waals surface area (Å²) >= 11 is 1.22. The van der Waals surface area contributed by atoms with E-state index in [-0.39, 0.29) is 30.9 Å². The molecule has 1 saturated carbocycles. The normalized spacial score (nSPS) is 16.9. The monoisotopic (exact) mass is 681 g/mol. The van der Waals surface area contributed by atoms with Gasteiger partial charge >= 0.3 is 7.82 Å². The lowest BCUT2D eigenvalue weighted by Gasteiger charge is -2.17. The van der Waals surface area contributed by atoms with E-state index in [9.17, 15) is 13.8 Å². The van der Waals surface area contributed by atoms with Gasteiger partial charge in [-0.25, -0.2) is 8.96 Å². The van der Waals surface area contributed by atoms with Crippen LogP contribution in [0.5, 0.6) is 23.0 Å².